The first-order valence-corrected chi connectivity index (χ1v) is 5.10. The van der Waals surface area contributed by atoms with Gasteiger partial charge in [-0.2, -0.15) is 0 Å². The van der Waals surface area contributed by atoms with Crippen LogP contribution in [0.1, 0.15) is 31.7 Å². The van der Waals surface area contributed by atoms with Gasteiger partial charge in [0.05, 0.1) is 0 Å². The van der Waals surface area contributed by atoms with Crippen molar-refractivity contribution in [2.24, 2.45) is 5.92 Å². The molecule has 1 aromatic carbocycles. The largest absolute Gasteiger partial charge is 0.508 e. The van der Waals surface area contributed by atoms with Crippen molar-refractivity contribution >= 4 is 0 Å². The van der Waals surface area contributed by atoms with Gasteiger partial charge >= 0.3 is 0 Å². The molecule has 0 aliphatic rings. The molecule has 0 fully saturated rings. The van der Waals surface area contributed by atoms with Crippen LogP contribution in [0, 0.1) is 5.92 Å². The lowest BCUT2D eigenvalue weighted by molar-refractivity contribution is 0.469. The summed E-state index contributed by atoms with van der Waals surface area (Å²) in [7, 11) is 0. The number of rotatable bonds is 4. The molecule has 0 heterocycles. The summed E-state index contributed by atoms with van der Waals surface area (Å²) >= 11 is 0. The minimum Gasteiger partial charge on any atom is -0.508 e. The van der Waals surface area contributed by atoms with Crippen molar-refractivity contribution < 1.29 is 5.11 Å². The van der Waals surface area contributed by atoms with E-state index in [1.54, 1.807) is 6.07 Å². The Morgan fingerprint density at radius 1 is 1.50 bits per heavy atom. The molecule has 0 amide bonds. The van der Waals surface area contributed by atoms with Crippen LogP contribution >= 0.6 is 0 Å². The van der Waals surface area contributed by atoms with Crippen molar-refractivity contribution in [3.05, 3.63) is 42.5 Å². The second-order valence-electron chi connectivity index (χ2n) is 3.74. The second kappa shape index (κ2) is 4.85. The summed E-state index contributed by atoms with van der Waals surface area (Å²) in [5.41, 5.74) is 1.15. The first kappa shape index (κ1) is 10.8. The van der Waals surface area contributed by atoms with E-state index in [4.69, 9.17) is 0 Å². The van der Waals surface area contributed by atoms with Crippen molar-refractivity contribution in [3.63, 3.8) is 0 Å². The van der Waals surface area contributed by atoms with E-state index in [-0.39, 0.29) is 0 Å². The number of hydrogen-bond donors (Lipinski definition) is 1. The summed E-state index contributed by atoms with van der Waals surface area (Å²) in [4.78, 5) is 0. The van der Waals surface area contributed by atoms with Gasteiger partial charge in [-0.3, -0.25) is 0 Å². The Balaban J connectivity index is 2.94. The van der Waals surface area contributed by atoms with E-state index in [1.807, 2.05) is 24.3 Å². The molecule has 1 rings (SSSR count). The lowest BCUT2D eigenvalue weighted by Crippen LogP contribution is -2.05. The van der Waals surface area contributed by atoms with Gasteiger partial charge in [0.1, 0.15) is 5.75 Å². The minimum absolute atomic E-state index is 0.331. The van der Waals surface area contributed by atoms with Crippen LogP contribution in [0.5, 0.6) is 5.75 Å². The van der Waals surface area contributed by atoms with E-state index in [0.29, 0.717) is 17.6 Å². The minimum atomic E-state index is 0.331. The Morgan fingerprint density at radius 3 is 2.71 bits per heavy atom. The van der Waals surface area contributed by atoms with Crippen molar-refractivity contribution in [1.82, 2.24) is 0 Å². The molecule has 0 spiro atoms. The topological polar surface area (TPSA) is 20.2 Å². The molecule has 0 aliphatic heterocycles. The van der Waals surface area contributed by atoms with E-state index in [9.17, 15) is 5.11 Å². The molecule has 1 N–H and O–H groups in total. The van der Waals surface area contributed by atoms with Gasteiger partial charge in [-0.05, 0) is 23.6 Å². The average Bonchev–Trinajstić information content (AvgIpc) is 2.19. The van der Waals surface area contributed by atoms with E-state index < -0.39 is 0 Å². The predicted molar refractivity (Wildman–Crippen MR) is 60.5 cm³/mol. The first-order valence-electron chi connectivity index (χ1n) is 5.10. The molecule has 0 radical (unpaired) electrons. The molecule has 0 aromatic heterocycles. The van der Waals surface area contributed by atoms with Crippen LogP contribution in [0.2, 0.25) is 0 Å². The molecular weight excluding hydrogens is 172 g/mol. The smallest absolute Gasteiger partial charge is 0.115 e. The molecule has 0 aliphatic carbocycles. The maximum atomic E-state index is 9.38. The third-order valence-electron chi connectivity index (χ3n) is 2.77. The maximum Gasteiger partial charge on any atom is 0.115 e. The first-order chi connectivity index (χ1) is 6.69. The highest BCUT2D eigenvalue weighted by Gasteiger charge is 2.14. The van der Waals surface area contributed by atoms with Crippen LogP contribution < -0.4 is 0 Å². The van der Waals surface area contributed by atoms with Gasteiger partial charge in [-0.1, -0.05) is 38.5 Å². The van der Waals surface area contributed by atoms with Gasteiger partial charge in [-0.15, -0.1) is 6.58 Å². The second-order valence-corrected chi connectivity index (χ2v) is 3.74. The third kappa shape index (κ3) is 2.38. The summed E-state index contributed by atoms with van der Waals surface area (Å²) in [6, 6.07) is 7.43. The van der Waals surface area contributed by atoms with Crippen LogP contribution in [0.25, 0.3) is 0 Å². The van der Waals surface area contributed by atoms with Crippen molar-refractivity contribution in [2.75, 3.05) is 0 Å². The van der Waals surface area contributed by atoms with Gasteiger partial charge in [0.2, 0.25) is 0 Å². The highest BCUT2D eigenvalue weighted by atomic mass is 16.3. The number of phenols is 1. The molecule has 1 aromatic rings. The molecule has 0 saturated carbocycles. The lowest BCUT2D eigenvalue weighted by Gasteiger charge is -2.19. The standard InChI is InChI=1S/C13H18O/c1-4-10(3)13(5-2)11-7-6-8-12(14)9-11/h5-10,13-14H,2,4H2,1,3H3. The van der Waals surface area contributed by atoms with Gasteiger partial charge in [0.15, 0.2) is 0 Å². The Labute approximate surface area is 86.1 Å². The van der Waals surface area contributed by atoms with Crippen molar-refractivity contribution in [3.8, 4) is 5.75 Å². The third-order valence-corrected chi connectivity index (χ3v) is 2.77. The van der Waals surface area contributed by atoms with Crippen molar-refractivity contribution in [2.45, 2.75) is 26.2 Å². The fourth-order valence-electron chi connectivity index (χ4n) is 1.68. The monoisotopic (exact) mass is 190 g/mol. The fourth-order valence-corrected chi connectivity index (χ4v) is 1.68. The van der Waals surface area contributed by atoms with Crippen LogP contribution in [0.4, 0.5) is 0 Å². The number of aromatic hydroxyl groups is 1. The number of benzene rings is 1. The Kier molecular flexibility index (Phi) is 3.75. The summed E-state index contributed by atoms with van der Waals surface area (Å²) in [6.07, 6.45) is 3.08. The number of hydrogen-bond acceptors (Lipinski definition) is 1. The Hall–Kier alpha value is -1.24. The molecule has 1 nitrogen and oxygen atoms in total. The Bertz CT molecular complexity index is 304. The summed E-state index contributed by atoms with van der Waals surface area (Å²) in [6.45, 7) is 8.23. The van der Waals surface area contributed by atoms with E-state index in [2.05, 4.69) is 20.4 Å². The quantitative estimate of drug-likeness (QED) is 0.718. The molecule has 14 heavy (non-hydrogen) atoms. The predicted octanol–water partition coefficient (Wildman–Crippen LogP) is 3.71. The number of phenolic OH excluding ortho intramolecular Hbond substituents is 1. The molecule has 1 heteroatoms. The van der Waals surface area contributed by atoms with Crippen LogP contribution in [0.3, 0.4) is 0 Å². The number of allylic oxidation sites excluding steroid dienone is 1. The molecule has 2 unspecified atom stereocenters. The fraction of sp³-hybridized carbons (Fsp3) is 0.385. The maximum absolute atomic E-state index is 9.38. The van der Waals surface area contributed by atoms with Gasteiger partial charge in [-0.25, -0.2) is 0 Å². The summed E-state index contributed by atoms with van der Waals surface area (Å²) in [5.74, 6) is 1.24. The van der Waals surface area contributed by atoms with Crippen molar-refractivity contribution in [1.29, 1.82) is 0 Å². The summed E-state index contributed by atoms with van der Waals surface area (Å²) in [5, 5.41) is 9.38. The normalized spacial score (nSPS) is 14.7. The highest BCUT2D eigenvalue weighted by molar-refractivity contribution is 5.32. The van der Waals surface area contributed by atoms with E-state index in [1.165, 1.54) is 0 Å². The lowest BCUT2D eigenvalue weighted by atomic mass is 9.86. The SMILES string of the molecule is C=CC(c1cccc(O)c1)C(C)CC. The zero-order chi connectivity index (χ0) is 10.6. The van der Waals surface area contributed by atoms with E-state index in [0.717, 1.165) is 12.0 Å². The van der Waals surface area contributed by atoms with E-state index >= 15 is 0 Å². The highest BCUT2D eigenvalue weighted by Crippen LogP contribution is 2.29. The van der Waals surface area contributed by atoms with Gasteiger partial charge in [0.25, 0.3) is 0 Å². The van der Waals surface area contributed by atoms with Crippen LogP contribution in [-0.2, 0) is 0 Å². The van der Waals surface area contributed by atoms with Crippen LogP contribution in [-0.4, -0.2) is 5.11 Å². The molecule has 76 valence electrons. The molecule has 0 bridgehead atoms. The zero-order valence-electron chi connectivity index (χ0n) is 8.90. The van der Waals surface area contributed by atoms with Gasteiger partial charge in [0, 0.05) is 5.92 Å². The zero-order valence-corrected chi connectivity index (χ0v) is 8.90. The molecular formula is C13H18O. The molecule has 0 saturated heterocycles. The van der Waals surface area contributed by atoms with Gasteiger partial charge < -0.3 is 5.11 Å². The van der Waals surface area contributed by atoms with Crippen LogP contribution in [0.15, 0.2) is 36.9 Å². The molecule has 2 atom stereocenters. The average molecular weight is 190 g/mol. The Morgan fingerprint density at radius 2 is 2.21 bits per heavy atom. The summed E-state index contributed by atoms with van der Waals surface area (Å²) < 4.78 is 0.